The molecule has 4 heteroatoms. The van der Waals surface area contributed by atoms with E-state index in [0.29, 0.717) is 0 Å². The number of nitrogens with zero attached hydrogens (tertiary/aromatic N) is 2. The smallest absolute Gasteiger partial charge is 0.0883 e. The lowest BCUT2D eigenvalue weighted by atomic mass is 10.1. The molecular formula is C15H10BrClN2. The molecule has 0 spiro atoms. The van der Waals surface area contributed by atoms with Crippen molar-refractivity contribution < 1.29 is 0 Å². The van der Waals surface area contributed by atoms with Crippen LogP contribution in [0.15, 0.2) is 65.3 Å². The molecule has 0 atom stereocenters. The van der Waals surface area contributed by atoms with E-state index in [4.69, 9.17) is 11.6 Å². The summed E-state index contributed by atoms with van der Waals surface area (Å²) in [6, 6.07) is 17.8. The first-order valence-corrected chi connectivity index (χ1v) is 6.98. The molecule has 3 rings (SSSR count). The Morgan fingerprint density at radius 2 is 1.63 bits per heavy atom. The maximum absolute atomic E-state index is 5.94. The maximum atomic E-state index is 5.94. The summed E-state index contributed by atoms with van der Waals surface area (Å²) in [5.41, 5.74) is 3.11. The Hall–Kier alpha value is -1.58. The molecule has 0 N–H and O–H groups in total. The zero-order valence-electron chi connectivity index (χ0n) is 9.92. The molecule has 0 aliphatic heterocycles. The molecule has 0 amide bonds. The van der Waals surface area contributed by atoms with Crippen LogP contribution in [-0.2, 0) is 0 Å². The van der Waals surface area contributed by atoms with Crippen LogP contribution in [-0.4, -0.2) is 9.78 Å². The lowest BCUT2D eigenvalue weighted by Crippen LogP contribution is -1.98. The molecule has 0 aliphatic carbocycles. The van der Waals surface area contributed by atoms with Gasteiger partial charge in [0, 0.05) is 10.6 Å². The lowest BCUT2D eigenvalue weighted by Gasteiger charge is -2.08. The van der Waals surface area contributed by atoms with Crippen molar-refractivity contribution in [3.63, 3.8) is 0 Å². The van der Waals surface area contributed by atoms with Gasteiger partial charge in [0.2, 0.25) is 0 Å². The van der Waals surface area contributed by atoms with Crippen LogP contribution in [0, 0.1) is 0 Å². The number of hydrogen-bond acceptors (Lipinski definition) is 1. The van der Waals surface area contributed by atoms with Gasteiger partial charge in [-0.1, -0.05) is 41.9 Å². The Kier molecular flexibility index (Phi) is 3.40. The second-order valence-corrected chi connectivity index (χ2v) is 5.39. The van der Waals surface area contributed by atoms with Crippen molar-refractivity contribution in [3.05, 3.63) is 70.3 Å². The van der Waals surface area contributed by atoms with Gasteiger partial charge in [0.15, 0.2) is 0 Å². The molecule has 2 nitrogen and oxygen atoms in total. The largest absolute Gasteiger partial charge is 0.232 e. The Bertz CT molecular complexity index is 690. The number of aromatic nitrogens is 2. The van der Waals surface area contributed by atoms with Gasteiger partial charge >= 0.3 is 0 Å². The first-order chi connectivity index (χ1) is 9.25. The molecule has 0 saturated heterocycles. The fourth-order valence-corrected chi connectivity index (χ4v) is 2.58. The summed E-state index contributed by atoms with van der Waals surface area (Å²) in [6.07, 6.45) is 1.80. The number of halogens is 2. The SMILES string of the molecule is Clc1ccc(-c2c(Br)cnn2-c2ccccc2)cc1. The van der Waals surface area contributed by atoms with E-state index in [2.05, 4.69) is 21.0 Å². The molecule has 0 radical (unpaired) electrons. The van der Waals surface area contributed by atoms with Gasteiger partial charge in [-0.15, -0.1) is 0 Å². The van der Waals surface area contributed by atoms with Crippen molar-refractivity contribution in [3.8, 4) is 16.9 Å². The molecule has 3 aromatic rings. The van der Waals surface area contributed by atoms with Gasteiger partial charge in [0.1, 0.15) is 0 Å². The van der Waals surface area contributed by atoms with Crippen molar-refractivity contribution in [1.29, 1.82) is 0 Å². The molecule has 0 bridgehead atoms. The Morgan fingerprint density at radius 1 is 0.947 bits per heavy atom. The van der Waals surface area contributed by atoms with E-state index in [1.54, 1.807) is 6.20 Å². The summed E-state index contributed by atoms with van der Waals surface area (Å²) < 4.78 is 2.87. The molecule has 0 fully saturated rings. The molecule has 0 aliphatic rings. The van der Waals surface area contributed by atoms with Crippen LogP contribution in [0.4, 0.5) is 0 Å². The van der Waals surface area contributed by atoms with Crippen molar-refractivity contribution in [2.75, 3.05) is 0 Å². The predicted octanol–water partition coefficient (Wildman–Crippen LogP) is 4.96. The highest BCUT2D eigenvalue weighted by molar-refractivity contribution is 9.10. The summed E-state index contributed by atoms with van der Waals surface area (Å²) in [5, 5.41) is 5.15. The molecule has 0 saturated carbocycles. The van der Waals surface area contributed by atoms with E-state index in [9.17, 15) is 0 Å². The third-order valence-electron chi connectivity index (χ3n) is 2.84. The van der Waals surface area contributed by atoms with Crippen LogP contribution in [0.3, 0.4) is 0 Å². The fourth-order valence-electron chi connectivity index (χ4n) is 1.96. The van der Waals surface area contributed by atoms with Crippen LogP contribution in [0.1, 0.15) is 0 Å². The minimum absolute atomic E-state index is 0.727. The summed E-state index contributed by atoms with van der Waals surface area (Å²) in [7, 11) is 0. The predicted molar refractivity (Wildman–Crippen MR) is 81.7 cm³/mol. The second kappa shape index (κ2) is 5.19. The van der Waals surface area contributed by atoms with Crippen LogP contribution in [0.2, 0.25) is 5.02 Å². The zero-order chi connectivity index (χ0) is 13.2. The number of benzene rings is 2. The standard InChI is InChI=1S/C15H10BrClN2/c16-14-10-18-19(13-4-2-1-3-5-13)15(14)11-6-8-12(17)9-7-11/h1-10H. The van der Waals surface area contributed by atoms with Crippen molar-refractivity contribution >= 4 is 27.5 Å². The minimum atomic E-state index is 0.727. The molecular weight excluding hydrogens is 324 g/mol. The molecule has 2 aromatic carbocycles. The van der Waals surface area contributed by atoms with E-state index < -0.39 is 0 Å². The van der Waals surface area contributed by atoms with Gasteiger partial charge in [-0.05, 0) is 40.2 Å². The van der Waals surface area contributed by atoms with E-state index >= 15 is 0 Å². The normalized spacial score (nSPS) is 10.6. The third-order valence-corrected chi connectivity index (χ3v) is 3.68. The molecule has 0 unspecified atom stereocenters. The summed E-state index contributed by atoms with van der Waals surface area (Å²) in [4.78, 5) is 0. The van der Waals surface area contributed by atoms with Crippen LogP contribution >= 0.6 is 27.5 Å². The van der Waals surface area contributed by atoms with Gasteiger partial charge in [-0.25, -0.2) is 4.68 Å². The number of para-hydroxylation sites is 1. The Balaban J connectivity index is 2.17. The van der Waals surface area contributed by atoms with Crippen LogP contribution in [0.25, 0.3) is 16.9 Å². The highest BCUT2D eigenvalue weighted by Gasteiger charge is 2.12. The fraction of sp³-hybridized carbons (Fsp3) is 0. The maximum Gasteiger partial charge on any atom is 0.0883 e. The van der Waals surface area contributed by atoms with E-state index in [1.165, 1.54) is 0 Å². The second-order valence-electron chi connectivity index (χ2n) is 4.10. The first-order valence-electron chi connectivity index (χ1n) is 5.80. The Morgan fingerprint density at radius 3 is 2.32 bits per heavy atom. The summed E-state index contributed by atoms with van der Waals surface area (Å²) in [6.45, 7) is 0. The average Bonchev–Trinajstić information content (AvgIpc) is 2.83. The zero-order valence-corrected chi connectivity index (χ0v) is 12.3. The summed E-state index contributed by atoms with van der Waals surface area (Å²) >= 11 is 9.49. The average molecular weight is 334 g/mol. The van der Waals surface area contributed by atoms with E-state index in [-0.39, 0.29) is 0 Å². The van der Waals surface area contributed by atoms with Crippen molar-refractivity contribution in [1.82, 2.24) is 9.78 Å². The molecule has 94 valence electrons. The van der Waals surface area contributed by atoms with Crippen molar-refractivity contribution in [2.24, 2.45) is 0 Å². The third kappa shape index (κ3) is 2.44. The minimum Gasteiger partial charge on any atom is -0.232 e. The molecule has 19 heavy (non-hydrogen) atoms. The van der Waals surface area contributed by atoms with Gasteiger partial charge < -0.3 is 0 Å². The van der Waals surface area contributed by atoms with Gasteiger partial charge in [-0.2, -0.15) is 5.10 Å². The number of hydrogen-bond donors (Lipinski definition) is 0. The van der Waals surface area contributed by atoms with Gasteiger partial charge in [0.05, 0.1) is 22.1 Å². The summed E-state index contributed by atoms with van der Waals surface area (Å²) in [5.74, 6) is 0. The quantitative estimate of drug-likeness (QED) is 0.648. The van der Waals surface area contributed by atoms with Crippen molar-refractivity contribution in [2.45, 2.75) is 0 Å². The Labute approximate surface area is 124 Å². The molecule has 1 heterocycles. The van der Waals surface area contributed by atoms with E-state index in [0.717, 1.165) is 26.4 Å². The highest BCUT2D eigenvalue weighted by atomic mass is 79.9. The monoisotopic (exact) mass is 332 g/mol. The number of rotatable bonds is 2. The highest BCUT2D eigenvalue weighted by Crippen LogP contribution is 2.30. The topological polar surface area (TPSA) is 17.8 Å². The lowest BCUT2D eigenvalue weighted by molar-refractivity contribution is 0.888. The van der Waals surface area contributed by atoms with Crippen LogP contribution in [0.5, 0.6) is 0 Å². The molecule has 1 aromatic heterocycles. The first kappa shape index (κ1) is 12.5. The van der Waals surface area contributed by atoms with Gasteiger partial charge in [0.25, 0.3) is 0 Å². The van der Waals surface area contributed by atoms with Crippen LogP contribution < -0.4 is 0 Å². The van der Waals surface area contributed by atoms with Gasteiger partial charge in [-0.3, -0.25) is 0 Å². The van der Waals surface area contributed by atoms with E-state index in [1.807, 2.05) is 59.3 Å².